The Balaban J connectivity index is 1.45. The smallest absolute Gasteiger partial charge is 0.318 e. The fourth-order valence-corrected chi connectivity index (χ4v) is 4.74. The molecule has 4 rings (SSSR count). The molecule has 6 nitrogen and oxygen atoms in total. The molecule has 1 aliphatic heterocycles. The minimum atomic E-state index is -0.410. The normalized spacial score (nSPS) is 17.6. The van der Waals surface area contributed by atoms with Gasteiger partial charge in [-0.05, 0) is 61.6 Å². The van der Waals surface area contributed by atoms with E-state index in [4.69, 9.17) is 0 Å². The average Bonchev–Trinajstić information content (AvgIpc) is 2.76. The van der Waals surface area contributed by atoms with Gasteiger partial charge in [-0.1, -0.05) is 30.7 Å². The van der Waals surface area contributed by atoms with Crippen LogP contribution in [-0.2, 0) is 10.2 Å². The van der Waals surface area contributed by atoms with E-state index >= 15 is 0 Å². The van der Waals surface area contributed by atoms with Crippen LogP contribution in [0.4, 0.5) is 16.2 Å². The van der Waals surface area contributed by atoms with Gasteiger partial charge in [-0.3, -0.25) is 4.79 Å². The lowest BCUT2D eigenvalue weighted by Gasteiger charge is -2.46. The van der Waals surface area contributed by atoms with Crippen LogP contribution in [0.15, 0.2) is 42.5 Å². The number of carbonyl (C=O) groups is 2. The molecular weight excluding hydrogens is 388 g/mol. The maximum absolute atomic E-state index is 13.6. The van der Waals surface area contributed by atoms with Crippen molar-refractivity contribution >= 4 is 23.3 Å². The number of aryl methyl sites for hydroxylation is 2. The zero-order valence-electron chi connectivity index (χ0n) is 18.7. The van der Waals surface area contributed by atoms with E-state index in [0.717, 1.165) is 56.7 Å². The molecule has 0 aromatic heterocycles. The Morgan fingerprint density at radius 3 is 2.19 bits per heavy atom. The second-order valence-corrected chi connectivity index (χ2v) is 8.79. The van der Waals surface area contributed by atoms with Crippen LogP contribution in [0, 0.1) is 13.8 Å². The first-order chi connectivity index (χ1) is 14.9. The summed E-state index contributed by atoms with van der Waals surface area (Å²) < 4.78 is 0. The molecule has 0 radical (unpaired) electrons. The minimum Gasteiger partial charge on any atom is -0.368 e. The Morgan fingerprint density at radius 1 is 0.935 bits per heavy atom. The molecule has 0 bridgehead atoms. The molecule has 31 heavy (non-hydrogen) atoms. The summed E-state index contributed by atoms with van der Waals surface area (Å²) in [5.41, 5.74) is 5.21. The van der Waals surface area contributed by atoms with E-state index in [2.05, 4.69) is 52.5 Å². The number of anilines is 2. The molecule has 6 heteroatoms. The van der Waals surface area contributed by atoms with Crippen molar-refractivity contribution in [2.45, 2.75) is 38.5 Å². The number of hydrogen-bond acceptors (Lipinski definition) is 3. The summed E-state index contributed by atoms with van der Waals surface area (Å²) in [5.74, 6) is 0.256. The van der Waals surface area contributed by atoms with Crippen molar-refractivity contribution in [2.24, 2.45) is 0 Å². The molecule has 0 unspecified atom stereocenters. The molecule has 2 fully saturated rings. The summed E-state index contributed by atoms with van der Waals surface area (Å²) in [5, 5.41) is 5.33. The summed E-state index contributed by atoms with van der Waals surface area (Å²) in [6, 6.07) is 14.1. The van der Waals surface area contributed by atoms with Crippen LogP contribution in [0.3, 0.4) is 0 Å². The van der Waals surface area contributed by atoms with Crippen LogP contribution in [0.5, 0.6) is 0 Å². The monoisotopic (exact) mass is 420 g/mol. The van der Waals surface area contributed by atoms with Crippen LogP contribution in [0.25, 0.3) is 0 Å². The summed E-state index contributed by atoms with van der Waals surface area (Å²) in [6.45, 7) is 7.51. The average molecular weight is 421 g/mol. The highest BCUT2D eigenvalue weighted by atomic mass is 16.2. The Hall–Kier alpha value is -3.02. The van der Waals surface area contributed by atoms with Gasteiger partial charge < -0.3 is 20.4 Å². The van der Waals surface area contributed by atoms with E-state index in [1.165, 1.54) is 16.8 Å². The number of piperazine rings is 1. The number of hydrogen-bond donors (Lipinski definition) is 2. The Morgan fingerprint density at radius 2 is 1.61 bits per heavy atom. The van der Waals surface area contributed by atoms with Gasteiger partial charge in [-0.15, -0.1) is 0 Å². The molecule has 2 N–H and O–H groups in total. The van der Waals surface area contributed by atoms with E-state index in [9.17, 15) is 9.59 Å². The molecule has 2 aromatic rings. The van der Waals surface area contributed by atoms with Crippen LogP contribution >= 0.6 is 0 Å². The Kier molecular flexibility index (Phi) is 5.90. The van der Waals surface area contributed by atoms with Gasteiger partial charge in [0.1, 0.15) is 0 Å². The summed E-state index contributed by atoms with van der Waals surface area (Å²) in [7, 11) is 1.59. The summed E-state index contributed by atoms with van der Waals surface area (Å²) in [6.07, 6.45) is 2.86. The molecule has 164 valence electrons. The first kappa shape index (κ1) is 21.2. The lowest BCUT2D eigenvalue weighted by molar-refractivity contribution is -0.141. The first-order valence-electron chi connectivity index (χ1n) is 11.1. The number of benzene rings is 2. The third-order valence-corrected chi connectivity index (χ3v) is 6.81. The maximum atomic E-state index is 13.6. The topological polar surface area (TPSA) is 64.7 Å². The Labute approximate surface area is 184 Å². The van der Waals surface area contributed by atoms with Crippen molar-refractivity contribution in [3.05, 3.63) is 59.2 Å². The van der Waals surface area contributed by atoms with Gasteiger partial charge in [-0.2, -0.15) is 0 Å². The number of nitrogens with one attached hydrogen (secondary N) is 2. The molecule has 3 amide bonds. The predicted octanol–water partition coefficient (Wildman–Crippen LogP) is 3.83. The van der Waals surface area contributed by atoms with E-state index < -0.39 is 5.41 Å². The van der Waals surface area contributed by atoms with E-state index in [0.29, 0.717) is 0 Å². The van der Waals surface area contributed by atoms with Crippen LogP contribution in [-0.4, -0.2) is 50.1 Å². The van der Waals surface area contributed by atoms with Crippen molar-refractivity contribution < 1.29 is 9.59 Å². The summed E-state index contributed by atoms with van der Waals surface area (Å²) >= 11 is 0. The van der Waals surface area contributed by atoms with Crippen LogP contribution < -0.4 is 15.5 Å². The van der Waals surface area contributed by atoms with Gasteiger partial charge in [0.2, 0.25) is 5.91 Å². The largest absolute Gasteiger partial charge is 0.368 e. The van der Waals surface area contributed by atoms with Crippen molar-refractivity contribution in [3.8, 4) is 0 Å². The predicted molar refractivity (Wildman–Crippen MR) is 125 cm³/mol. The van der Waals surface area contributed by atoms with Gasteiger partial charge in [0, 0.05) is 44.6 Å². The second kappa shape index (κ2) is 8.61. The minimum absolute atomic E-state index is 0.246. The molecule has 1 aliphatic carbocycles. The molecule has 2 aliphatic rings. The zero-order valence-corrected chi connectivity index (χ0v) is 18.7. The molecule has 2 aromatic carbocycles. The van der Waals surface area contributed by atoms with Gasteiger partial charge in [0.25, 0.3) is 0 Å². The van der Waals surface area contributed by atoms with Crippen LogP contribution in [0.1, 0.15) is 36.0 Å². The van der Waals surface area contributed by atoms with Crippen LogP contribution in [0.2, 0.25) is 0 Å². The molecule has 1 heterocycles. The van der Waals surface area contributed by atoms with Gasteiger partial charge in [0.05, 0.1) is 5.41 Å². The number of carbonyl (C=O) groups excluding carboxylic acids is 2. The maximum Gasteiger partial charge on any atom is 0.318 e. The fraction of sp³-hybridized carbons (Fsp3) is 0.440. The van der Waals surface area contributed by atoms with Crippen molar-refractivity contribution in [3.63, 3.8) is 0 Å². The second-order valence-electron chi connectivity index (χ2n) is 8.79. The molecular formula is C25H32N4O2. The number of urea groups is 1. The lowest BCUT2D eigenvalue weighted by atomic mass is 9.63. The van der Waals surface area contributed by atoms with Crippen molar-refractivity contribution in [1.82, 2.24) is 10.2 Å². The fourth-order valence-electron chi connectivity index (χ4n) is 4.74. The van der Waals surface area contributed by atoms with Gasteiger partial charge >= 0.3 is 6.03 Å². The lowest BCUT2D eigenvalue weighted by Crippen LogP contribution is -2.56. The van der Waals surface area contributed by atoms with Gasteiger partial charge in [0.15, 0.2) is 0 Å². The SMILES string of the molecule is CNC(=O)Nc1ccc(C2(C(=O)N3CCN(c4cc(C)ccc4C)CC3)CCC2)cc1. The quantitative estimate of drug-likeness (QED) is 0.790. The first-order valence-corrected chi connectivity index (χ1v) is 11.1. The van der Waals surface area contributed by atoms with Crippen molar-refractivity contribution in [1.29, 1.82) is 0 Å². The number of rotatable bonds is 4. The van der Waals surface area contributed by atoms with Crippen molar-refractivity contribution in [2.75, 3.05) is 43.4 Å². The number of nitrogens with zero attached hydrogens (tertiary/aromatic N) is 2. The van der Waals surface area contributed by atoms with E-state index in [1.807, 2.05) is 24.3 Å². The highest BCUT2D eigenvalue weighted by molar-refractivity contribution is 5.91. The standard InChI is InChI=1S/C25H32N4O2/c1-18-5-6-19(2)22(17-18)28-13-15-29(16-14-28)23(30)25(11-4-12-25)20-7-9-21(10-8-20)27-24(31)26-3/h5-10,17H,4,11-16H2,1-3H3,(H2,26,27,31). The number of amides is 3. The Bertz CT molecular complexity index is 958. The third kappa shape index (κ3) is 4.11. The highest BCUT2D eigenvalue weighted by Crippen LogP contribution is 2.45. The van der Waals surface area contributed by atoms with E-state index in [-0.39, 0.29) is 11.9 Å². The molecule has 0 atom stereocenters. The third-order valence-electron chi connectivity index (χ3n) is 6.81. The highest BCUT2D eigenvalue weighted by Gasteiger charge is 2.48. The van der Waals surface area contributed by atoms with Gasteiger partial charge in [-0.25, -0.2) is 4.79 Å². The molecule has 1 saturated heterocycles. The molecule has 1 saturated carbocycles. The zero-order chi connectivity index (χ0) is 22.0. The van der Waals surface area contributed by atoms with E-state index in [1.54, 1.807) is 7.05 Å². The summed E-state index contributed by atoms with van der Waals surface area (Å²) in [4.78, 5) is 29.6. The molecule has 0 spiro atoms.